The molecule has 1 amide bonds. The molecule has 1 atom stereocenters. The Morgan fingerprint density at radius 2 is 2.03 bits per heavy atom. The van der Waals surface area contributed by atoms with Crippen LogP contribution in [0.25, 0.3) is 11.3 Å². The van der Waals surface area contributed by atoms with Crippen molar-refractivity contribution in [2.24, 2.45) is 11.3 Å². The number of likely N-dealkylation sites (tertiary alicyclic amines) is 1. The van der Waals surface area contributed by atoms with Gasteiger partial charge in [-0.25, -0.2) is 0 Å². The van der Waals surface area contributed by atoms with Crippen LogP contribution in [0.4, 0.5) is 0 Å². The summed E-state index contributed by atoms with van der Waals surface area (Å²) in [6, 6.07) is 14.1. The van der Waals surface area contributed by atoms with E-state index >= 15 is 0 Å². The molecule has 3 heterocycles. The van der Waals surface area contributed by atoms with Gasteiger partial charge in [0.05, 0.1) is 24.7 Å². The molecule has 1 saturated heterocycles. The highest BCUT2D eigenvalue weighted by molar-refractivity contribution is 5.82. The van der Waals surface area contributed by atoms with Crippen molar-refractivity contribution in [3.8, 4) is 11.3 Å². The van der Waals surface area contributed by atoms with Crippen LogP contribution >= 0.6 is 0 Å². The minimum Gasteiger partial charge on any atom is -0.467 e. The third-order valence-corrected chi connectivity index (χ3v) is 6.55. The zero-order valence-corrected chi connectivity index (χ0v) is 16.4. The summed E-state index contributed by atoms with van der Waals surface area (Å²) in [7, 11) is 0. The standard InChI is InChI=1S/C23H26N4O2/c28-22(24-15-19-7-4-12-29-19)20-13-23(20)8-10-27(11-9-23)16-18-14-25-26-21(18)17-5-2-1-3-6-17/h1-7,12,14,20H,8-11,13,15-16H2,(H,24,28)(H,25,26)/t20-/m1/s1. The summed E-state index contributed by atoms with van der Waals surface area (Å²) in [4.78, 5) is 15.0. The summed E-state index contributed by atoms with van der Waals surface area (Å²) in [5.41, 5.74) is 3.72. The number of hydrogen-bond donors (Lipinski definition) is 2. The Balaban J connectivity index is 1.14. The van der Waals surface area contributed by atoms with Crippen LogP contribution in [0.3, 0.4) is 0 Å². The molecule has 29 heavy (non-hydrogen) atoms. The van der Waals surface area contributed by atoms with E-state index in [1.165, 1.54) is 11.1 Å². The molecule has 0 unspecified atom stereocenters. The van der Waals surface area contributed by atoms with Crippen LogP contribution in [0.1, 0.15) is 30.6 Å². The SMILES string of the molecule is O=C(NCc1ccco1)[C@H]1CC12CCN(Cc1cn[nH]c1-c1ccccc1)CC2. The van der Waals surface area contributed by atoms with E-state index in [4.69, 9.17) is 4.42 Å². The molecule has 2 aliphatic rings. The number of aromatic amines is 1. The van der Waals surface area contributed by atoms with Gasteiger partial charge < -0.3 is 9.73 Å². The van der Waals surface area contributed by atoms with Crippen LogP contribution in [0, 0.1) is 11.3 Å². The van der Waals surface area contributed by atoms with E-state index in [-0.39, 0.29) is 17.2 Å². The van der Waals surface area contributed by atoms with E-state index in [0.717, 1.165) is 50.4 Å². The van der Waals surface area contributed by atoms with Gasteiger partial charge >= 0.3 is 0 Å². The minimum absolute atomic E-state index is 0.161. The molecule has 2 aromatic heterocycles. The number of benzene rings is 1. The smallest absolute Gasteiger partial charge is 0.224 e. The first-order chi connectivity index (χ1) is 14.2. The first-order valence-electron chi connectivity index (χ1n) is 10.3. The highest BCUT2D eigenvalue weighted by atomic mass is 16.3. The van der Waals surface area contributed by atoms with Gasteiger partial charge in [0.15, 0.2) is 0 Å². The molecule has 0 radical (unpaired) electrons. The Morgan fingerprint density at radius 3 is 2.79 bits per heavy atom. The Bertz CT molecular complexity index is 956. The average Bonchev–Trinajstić information content (AvgIpc) is 3.12. The zero-order valence-electron chi connectivity index (χ0n) is 16.4. The Kier molecular flexibility index (Phi) is 4.72. The molecule has 1 aliphatic carbocycles. The highest BCUT2D eigenvalue weighted by Gasteiger charge is 2.58. The molecule has 1 aromatic carbocycles. The number of aromatic nitrogens is 2. The van der Waals surface area contributed by atoms with Crippen LogP contribution in [0.15, 0.2) is 59.3 Å². The maximum absolute atomic E-state index is 12.5. The first kappa shape index (κ1) is 18.2. The van der Waals surface area contributed by atoms with Gasteiger partial charge in [-0.3, -0.25) is 14.8 Å². The van der Waals surface area contributed by atoms with Gasteiger partial charge in [-0.05, 0) is 55.5 Å². The van der Waals surface area contributed by atoms with E-state index in [0.29, 0.717) is 6.54 Å². The number of carbonyl (C=O) groups excluding carboxylic acids is 1. The van der Waals surface area contributed by atoms with Crippen LogP contribution in [0.2, 0.25) is 0 Å². The van der Waals surface area contributed by atoms with Gasteiger partial charge in [0.25, 0.3) is 0 Å². The van der Waals surface area contributed by atoms with Crippen LogP contribution in [-0.2, 0) is 17.9 Å². The highest BCUT2D eigenvalue weighted by Crippen LogP contribution is 2.59. The summed E-state index contributed by atoms with van der Waals surface area (Å²) in [5, 5.41) is 10.5. The lowest BCUT2D eigenvalue weighted by molar-refractivity contribution is -0.123. The molecule has 6 nitrogen and oxygen atoms in total. The number of nitrogens with zero attached hydrogens (tertiary/aromatic N) is 2. The van der Waals surface area contributed by atoms with E-state index in [9.17, 15) is 4.79 Å². The fourth-order valence-corrected chi connectivity index (χ4v) is 4.66. The first-order valence-corrected chi connectivity index (χ1v) is 10.3. The van der Waals surface area contributed by atoms with Crippen molar-refractivity contribution in [3.05, 3.63) is 66.2 Å². The zero-order chi connectivity index (χ0) is 19.7. The number of amides is 1. The van der Waals surface area contributed by atoms with Gasteiger partial charge in [0.1, 0.15) is 5.76 Å². The van der Waals surface area contributed by atoms with E-state index in [1.54, 1.807) is 6.26 Å². The predicted octanol–water partition coefficient (Wildman–Crippen LogP) is 3.59. The third kappa shape index (κ3) is 3.72. The Hall–Kier alpha value is -2.86. The number of hydrogen-bond acceptors (Lipinski definition) is 4. The maximum Gasteiger partial charge on any atom is 0.224 e. The summed E-state index contributed by atoms with van der Waals surface area (Å²) in [6.45, 7) is 3.43. The molecular formula is C23H26N4O2. The number of piperidine rings is 1. The maximum atomic E-state index is 12.5. The quantitative estimate of drug-likeness (QED) is 0.675. The van der Waals surface area contributed by atoms with Crippen molar-refractivity contribution in [1.29, 1.82) is 0 Å². The summed E-state index contributed by atoms with van der Waals surface area (Å²) in [6.07, 6.45) is 6.77. The van der Waals surface area contributed by atoms with Crippen LogP contribution in [0.5, 0.6) is 0 Å². The normalized spacial score (nSPS) is 20.6. The fourth-order valence-electron chi connectivity index (χ4n) is 4.66. The molecular weight excluding hydrogens is 364 g/mol. The van der Waals surface area contributed by atoms with Crippen molar-refractivity contribution in [3.63, 3.8) is 0 Å². The molecule has 5 rings (SSSR count). The van der Waals surface area contributed by atoms with Crippen molar-refractivity contribution in [2.75, 3.05) is 13.1 Å². The van der Waals surface area contributed by atoms with Gasteiger partial charge in [-0.15, -0.1) is 0 Å². The lowest BCUT2D eigenvalue weighted by atomic mass is 9.90. The molecule has 0 bridgehead atoms. The second-order valence-corrected chi connectivity index (χ2v) is 8.33. The molecule has 3 aromatic rings. The Labute approximate surface area is 170 Å². The summed E-state index contributed by atoms with van der Waals surface area (Å²) in [5.74, 6) is 1.14. The second kappa shape index (κ2) is 7.52. The van der Waals surface area contributed by atoms with Crippen LogP contribution < -0.4 is 5.32 Å². The number of nitrogens with one attached hydrogen (secondary N) is 2. The van der Waals surface area contributed by atoms with Crippen LogP contribution in [-0.4, -0.2) is 34.1 Å². The molecule has 1 aliphatic heterocycles. The number of H-pyrrole nitrogens is 1. The van der Waals surface area contributed by atoms with E-state index < -0.39 is 0 Å². The van der Waals surface area contributed by atoms with Gasteiger partial charge in [-0.2, -0.15) is 5.10 Å². The lowest BCUT2D eigenvalue weighted by Gasteiger charge is -2.32. The average molecular weight is 390 g/mol. The largest absolute Gasteiger partial charge is 0.467 e. The molecule has 150 valence electrons. The van der Waals surface area contributed by atoms with Crippen molar-refractivity contribution < 1.29 is 9.21 Å². The van der Waals surface area contributed by atoms with Crippen molar-refractivity contribution in [2.45, 2.75) is 32.4 Å². The molecule has 6 heteroatoms. The predicted molar refractivity (Wildman–Crippen MR) is 110 cm³/mol. The van der Waals surface area contributed by atoms with Crippen molar-refractivity contribution >= 4 is 5.91 Å². The van der Waals surface area contributed by atoms with Gasteiger partial charge in [0, 0.05) is 18.0 Å². The molecule has 1 spiro atoms. The summed E-state index contributed by atoms with van der Waals surface area (Å²) < 4.78 is 5.30. The summed E-state index contributed by atoms with van der Waals surface area (Å²) >= 11 is 0. The van der Waals surface area contributed by atoms with E-state index in [1.807, 2.05) is 24.4 Å². The number of rotatable bonds is 6. The lowest BCUT2D eigenvalue weighted by Crippen LogP contribution is -2.36. The molecule has 1 saturated carbocycles. The Morgan fingerprint density at radius 1 is 1.21 bits per heavy atom. The van der Waals surface area contributed by atoms with Gasteiger partial charge in [-0.1, -0.05) is 30.3 Å². The monoisotopic (exact) mass is 390 g/mol. The molecule has 2 fully saturated rings. The number of furan rings is 1. The molecule has 2 N–H and O–H groups in total. The minimum atomic E-state index is 0.161. The van der Waals surface area contributed by atoms with Gasteiger partial charge in [0.2, 0.25) is 5.91 Å². The third-order valence-electron chi connectivity index (χ3n) is 6.55. The van der Waals surface area contributed by atoms with E-state index in [2.05, 4.69) is 44.7 Å². The van der Waals surface area contributed by atoms with Crippen molar-refractivity contribution in [1.82, 2.24) is 20.4 Å². The fraction of sp³-hybridized carbons (Fsp3) is 0.391. The number of carbonyl (C=O) groups is 1. The second-order valence-electron chi connectivity index (χ2n) is 8.33. The topological polar surface area (TPSA) is 74.2 Å².